The molecule has 2 aliphatic carbocycles. The summed E-state index contributed by atoms with van der Waals surface area (Å²) in [5.41, 5.74) is 0.0153. The second-order valence-electron chi connectivity index (χ2n) is 7.24. The molecule has 0 heterocycles. The van der Waals surface area contributed by atoms with E-state index >= 15 is 0 Å². The molecule has 2 heteroatoms. The number of hydrogen-bond donors (Lipinski definition) is 2. The van der Waals surface area contributed by atoms with E-state index in [0.717, 1.165) is 0 Å². The van der Waals surface area contributed by atoms with Gasteiger partial charge >= 0.3 is 0 Å². The average Bonchev–Trinajstić information content (AvgIpc) is 2.67. The smallest absolute Gasteiger partial charge is 0.0616 e. The molecule has 112 valence electrons. The Morgan fingerprint density at radius 3 is 2.21 bits per heavy atom. The van der Waals surface area contributed by atoms with Crippen LogP contribution in [-0.2, 0) is 0 Å². The van der Waals surface area contributed by atoms with Crippen LogP contribution in [0.25, 0.3) is 0 Å². The molecule has 0 amide bonds. The summed E-state index contributed by atoms with van der Waals surface area (Å²) in [6.07, 6.45) is 13.2. The first kappa shape index (κ1) is 15.3. The maximum absolute atomic E-state index is 10.1. The summed E-state index contributed by atoms with van der Waals surface area (Å²) in [5, 5.41) is 14.0. The maximum atomic E-state index is 10.1. The minimum atomic E-state index is 0.0153. The number of nitrogens with one attached hydrogen (secondary N) is 1. The van der Waals surface area contributed by atoms with E-state index in [4.69, 9.17) is 0 Å². The summed E-state index contributed by atoms with van der Waals surface area (Å²) >= 11 is 0. The van der Waals surface area contributed by atoms with E-state index in [-0.39, 0.29) is 5.54 Å². The Labute approximate surface area is 119 Å². The van der Waals surface area contributed by atoms with Crippen LogP contribution in [-0.4, -0.2) is 23.3 Å². The van der Waals surface area contributed by atoms with Gasteiger partial charge in [0.15, 0.2) is 0 Å². The molecule has 2 nitrogen and oxygen atoms in total. The van der Waals surface area contributed by atoms with Crippen LogP contribution in [0.2, 0.25) is 0 Å². The molecule has 2 N–H and O–H groups in total. The van der Waals surface area contributed by atoms with Crippen molar-refractivity contribution in [2.75, 3.05) is 6.61 Å². The number of hydrogen-bond acceptors (Lipinski definition) is 2. The maximum Gasteiger partial charge on any atom is 0.0616 e. The Kier molecular flexibility index (Phi) is 5.70. The van der Waals surface area contributed by atoms with E-state index in [9.17, 15) is 5.11 Å². The first-order valence-corrected chi connectivity index (χ1v) is 8.56. The second kappa shape index (κ2) is 7.08. The van der Waals surface area contributed by atoms with Crippen LogP contribution in [0, 0.1) is 11.8 Å². The van der Waals surface area contributed by atoms with Gasteiger partial charge in [0.25, 0.3) is 0 Å². The van der Waals surface area contributed by atoms with Gasteiger partial charge in [-0.15, -0.1) is 0 Å². The molecule has 2 fully saturated rings. The highest BCUT2D eigenvalue weighted by molar-refractivity contribution is 4.99. The van der Waals surface area contributed by atoms with Crippen LogP contribution in [0.4, 0.5) is 0 Å². The molecule has 0 radical (unpaired) electrons. The predicted octanol–water partition coefficient (Wildman–Crippen LogP) is 3.88. The van der Waals surface area contributed by atoms with Crippen LogP contribution in [0.15, 0.2) is 0 Å². The summed E-state index contributed by atoms with van der Waals surface area (Å²) in [4.78, 5) is 0. The minimum Gasteiger partial charge on any atom is -0.394 e. The van der Waals surface area contributed by atoms with Crippen molar-refractivity contribution < 1.29 is 5.11 Å². The van der Waals surface area contributed by atoms with Crippen LogP contribution in [0.5, 0.6) is 0 Å². The Morgan fingerprint density at radius 2 is 1.63 bits per heavy atom. The fourth-order valence-corrected chi connectivity index (χ4v) is 4.49. The van der Waals surface area contributed by atoms with E-state index in [1.807, 2.05) is 0 Å². The Balaban J connectivity index is 2.05. The molecule has 2 aliphatic rings. The molecule has 2 saturated carbocycles. The summed E-state index contributed by atoms with van der Waals surface area (Å²) in [6, 6.07) is 0.647. The third-order valence-electron chi connectivity index (χ3n) is 5.53. The molecule has 19 heavy (non-hydrogen) atoms. The van der Waals surface area contributed by atoms with Gasteiger partial charge < -0.3 is 10.4 Å². The van der Waals surface area contributed by atoms with Crippen molar-refractivity contribution in [2.45, 2.75) is 89.6 Å². The predicted molar refractivity (Wildman–Crippen MR) is 81.2 cm³/mol. The first-order chi connectivity index (χ1) is 9.18. The SMILES string of the molecule is CC(C)C1CCCCC1(CO)NC1CCCCCC1. The Bertz CT molecular complexity index is 258. The molecule has 0 spiro atoms. The van der Waals surface area contributed by atoms with Crippen molar-refractivity contribution in [3.63, 3.8) is 0 Å². The highest BCUT2D eigenvalue weighted by atomic mass is 16.3. The first-order valence-electron chi connectivity index (χ1n) is 8.56. The zero-order chi connectivity index (χ0) is 13.7. The lowest BCUT2D eigenvalue weighted by Crippen LogP contribution is -2.60. The monoisotopic (exact) mass is 267 g/mol. The van der Waals surface area contributed by atoms with Gasteiger partial charge in [-0.3, -0.25) is 0 Å². The molecular formula is C17H33NO. The van der Waals surface area contributed by atoms with Gasteiger partial charge in [0.2, 0.25) is 0 Å². The fraction of sp³-hybridized carbons (Fsp3) is 1.00. The molecule has 0 aromatic rings. The lowest BCUT2D eigenvalue weighted by Gasteiger charge is -2.48. The minimum absolute atomic E-state index is 0.0153. The molecule has 2 atom stereocenters. The highest BCUT2D eigenvalue weighted by Gasteiger charge is 2.42. The van der Waals surface area contributed by atoms with E-state index in [0.29, 0.717) is 24.5 Å². The molecule has 0 aromatic heterocycles. The highest BCUT2D eigenvalue weighted by Crippen LogP contribution is 2.39. The average molecular weight is 267 g/mol. The molecule has 0 aromatic carbocycles. The van der Waals surface area contributed by atoms with Gasteiger partial charge in [0.1, 0.15) is 0 Å². The summed E-state index contributed by atoms with van der Waals surface area (Å²) in [6.45, 7) is 4.98. The standard InChI is InChI=1S/C17H33NO/c1-14(2)16-11-7-8-12-17(16,13-19)18-15-9-5-3-4-6-10-15/h14-16,18-19H,3-13H2,1-2H3. The van der Waals surface area contributed by atoms with Gasteiger partial charge in [-0.05, 0) is 37.5 Å². The fourth-order valence-electron chi connectivity index (χ4n) is 4.49. The van der Waals surface area contributed by atoms with E-state index in [1.165, 1.54) is 64.2 Å². The van der Waals surface area contributed by atoms with Crippen molar-refractivity contribution in [3.05, 3.63) is 0 Å². The van der Waals surface area contributed by atoms with Gasteiger partial charge in [-0.1, -0.05) is 52.4 Å². The zero-order valence-electron chi connectivity index (χ0n) is 13.0. The van der Waals surface area contributed by atoms with Crippen molar-refractivity contribution >= 4 is 0 Å². The van der Waals surface area contributed by atoms with Crippen LogP contribution < -0.4 is 5.32 Å². The van der Waals surface area contributed by atoms with Gasteiger partial charge in [-0.25, -0.2) is 0 Å². The number of rotatable bonds is 4. The number of aliphatic hydroxyl groups is 1. The largest absolute Gasteiger partial charge is 0.394 e. The van der Waals surface area contributed by atoms with Crippen molar-refractivity contribution in [3.8, 4) is 0 Å². The summed E-state index contributed by atoms with van der Waals surface area (Å²) in [7, 11) is 0. The van der Waals surface area contributed by atoms with Crippen molar-refractivity contribution in [1.29, 1.82) is 0 Å². The van der Waals surface area contributed by atoms with Crippen molar-refractivity contribution in [2.24, 2.45) is 11.8 Å². The van der Waals surface area contributed by atoms with Gasteiger partial charge in [-0.2, -0.15) is 0 Å². The van der Waals surface area contributed by atoms with Crippen LogP contribution in [0.1, 0.15) is 78.1 Å². The number of aliphatic hydroxyl groups excluding tert-OH is 1. The normalized spacial score (nSPS) is 34.4. The molecule has 0 bridgehead atoms. The Morgan fingerprint density at radius 1 is 1.00 bits per heavy atom. The lowest BCUT2D eigenvalue weighted by atomic mass is 9.67. The van der Waals surface area contributed by atoms with Crippen LogP contribution in [0.3, 0.4) is 0 Å². The molecule has 2 unspecified atom stereocenters. The van der Waals surface area contributed by atoms with E-state index < -0.39 is 0 Å². The third kappa shape index (κ3) is 3.72. The molecular weight excluding hydrogens is 234 g/mol. The van der Waals surface area contributed by atoms with Crippen LogP contribution >= 0.6 is 0 Å². The molecule has 0 saturated heterocycles. The topological polar surface area (TPSA) is 32.3 Å². The quantitative estimate of drug-likeness (QED) is 0.758. The lowest BCUT2D eigenvalue weighted by molar-refractivity contribution is 0.0310. The zero-order valence-corrected chi connectivity index (χ0v) is 13.0. The van der Waals surface area contributed by atoms with E-state index in [2.05, 4.69) is 19.2 Å². The van der Waals surface area contributed by atoms with Gasteiger partial charge in [0, 0.05) is 11.6 Å². The van der Waals surface area contributed by atoms with Crippen molar-refractivity contribution in [1.82, 2.24) is 5.32 Å². The third-order valence-corrected chi connectivity index (χ3v) is 5.53. The second-order valence-corrected chi connectivity index (χ2v) is 7.24. The van der Waals surface area contributed by atoms with Gasteiger partial charge in [0.05, 0.1) is 6.61 Å². The molecule has 0 aliphatic heterocycles. The molecule has 2 rings (SSSR count). The Hall–Kier alpha value is -0.0800. The summed E-state index contributed by atoms with van der Waals surface area (Å²) in [5.74, 6) is 1.32. The van der Waals surface area contributed by atoms with E-state index in [1.54, 1.807) is 0 Å². The summed E-state index contributed by atoms with van der Waals surface area (Å²) < 4.78 is 0.